The van der Waals surface area contributed by atoms with Crippen LogP contribution in [0.2, 0.25) is 0 Å². The summed E-state index contributed by atoms with van der Waals surface area (Å²) in [4.78, 5) is 3.19. The van der Waals surface area contributed by atoms with Crippen molar-refractivity contribution < 1.29 is 10.2 Å². The van der Waals surface area contributed by atoms with Crippen LogP contribution in [0.25, 0.3) is 11.3 Å². The molecule has 2 rings (SSSR count). The van der Waals surface area contributed by atoms with Crippen molar-refractivity contribution in [2.75, 3.05) is 0 Å². The fraction of sp³-hybridized carbons (Fsp3) is 0.167. The molecule has 0 spiro atoms. The number of nitrogens with one attached hydrogen (secondary N) is 1. The molecule has 0 bridgehead atoms. The third-order valence-corrected chi connectivity index (χ3v) is 2.34. The standard InChI is InChI=1S/C12H13NO2/c1-7-3-8(2)13-12(7)9-4-10(14)6-11(15)5-9/h3-6,13-15H,1-2H3. The fourth-order valence-corrected chi connectivity index (χ4v) is 1.77. The quantitative estimate of drug-likeness (QED) is 0.667. The highest BCUT2D eigenvalue weighted by Gasteiger charge is 2.07. The van der Waals surface area contributed by atoms with Crippen molar-refractivity contribution in [3.8, 4) is 22.8 Å². The molecule has 0 aliphatic rings. The van der Waals surface area contributed by atoms with Crippen molar-refractivity contribution in [2.24, 2.45) is 0 Å². The van der Waals surface area contributed by atoms with E-state index in [1.54, 1.807) is 12.1 Å². The lowest BCUT2D eigenvalue weighted by molar-refractivity contribution is 0.451. The summed E-state index contributed by atoms with van der Waals surface area (Å²) in [5, 5.41) is 18.8. The molecule has 3 heteroatoms. The summed E-state index contributed by atoms with van der Waals surface area (Å²) in [5.74, 6) is 0.133. The fourth-order valence-electron chi connectivity index (χ4n) is 1.77. The second kappa shape index (κ2) is 3.35. The van der Waals surface area contributed by atoms with Gasteiger partial charge in [-0.15, -0.1) is 0 Å². The molecule has 0 fully saturated rings. The lowest BCUT2D eigenvalue weighted by Gasteiger charge is -2.03. The molecule has 0 atom stereocenters. The van der Waals surface area contributed by atoms with E-state index < -0.39 is 0 Å². The van der Waals surface area contributed by atoms with Crippen LogP contribution < -0.4 is 0 Å². The molecule has 3 nitrogen and oxygen atoms in total. The van der Waals surface area contributed by atoms with Crippen molar-refractivity contribution in [3.63, 3.8) is 0 Å². The molecule has 0 amide bonds. The molecule has 1 aromatic heterocycles. The highest BCUT2D eigenvalue weighted by atomic mass is 16.3. The summed E-state index contributed by atoms with van der Waals surface area (Å²) >= 11 is 0. The Balaban J connectivity index is 2.58. The summed E-state index contributed by atoms with van der Waals surface area (Å²) in [7, 11) is 0. The number of benzene rings is 1. The van der Waals surface area contributed by atoms with Gasteiger partial charge in [-0.3, -0.25) is 0 Å². The predicted molar refractivity (Wildman–Crippen MR) is 59.0 cm³/mol. The number of H-pyrrole nitrogens is 1. The van der Waals surface area contributed by atoms with Crippen molar-refractivity contribution in [1.82, 2.24) is 4.98 Å². The van der Waals surface area contributed by atoms with Crippen LogP contribution in [0.4, 0.5) is 0 Å². The van der Waals surface area contributed by atoms with E-state index in [9.17, 15) is 10.2 Å². The molecule has 0 unspecified atom stereocenters. The highest BCUT2D eigenvalue weighted by molar-refractivity contribution is 5.67. The summed E-state index contributed by atoms with van der Waals surface area (Å²) in [5.41, 5.74) is 3.87. The summed E-state index contributed by atoms with van der Waals surface area (Å²) < 4.78 is 0. The zero-order valence-corrected chi connectivity index (χ0v) is 8.70. The number of aromatic hydroxyl groups is 2. The van der Waals surface area contributed by atoms with E-state index in [0.717, 1.165) is 22.5 Å². The average molecular weight is 203 g/mol. The van der Waals surface area contributed by atoms with Gasteiger partial charge >= 0.3 is 0 Å². The van der Waals surface area contributed by atoms with Gasteiger partial charge in [-0.2, -0.15) is 0 Å². The number of aromatic nitrogens is 1. The monoisotopic (exact) mass is 203 g/mol. The van der Waals surface area contributed by atoms with E-state index in [0.29, 0.717) is 0 Å². The first-order chi connectivity index (χ1) is 7.06. The Kier molecular flexibility index (Phi) is 2.15. The average Bonchev–Trinajstić information content (AvgIpc) is 2.43. The van der Waals surface area contributed by atoms with E-state index >= 15 is 0 Å². The zero-order chi connectivity index (χ0) is 11.0. The van der Waals surface area contributed by atoms with Gasteiger partial charge in [0, 0.05) is 23.0 Å². The Hall–Kier alpha value is -1.90. The normalized spacial score (nSPS) is 10.5. The predicted octanol–water partition coefficient (Wildman–Crippen LogP) is 2.71. The van der Waals surface area contributed by atoms with Crippen molar-refractivity contribution in [1.29, 1.82) is 0 Å². The van der Waals surface area contributed by atoms with Gasteiger partial charge in [-0.1, -0.05) is 0 Å². The van der Waals surface area contributed by atoms with Crippen LogP contribution in [0, 0.1) is 13.8 Å². The summed E-state index contributed by atoms with van der Waals surface area (Å²) in [6.45, 7) is 3.96. The molecular formula is C12H13NO2. The maximum atomic E-state index is 9.38. The molecule has 0 radical (unpaired) electrons. The van der Waals surface area contributed by atoms with Gasteiger partial charge < -0.3 is 15.2 Å². The molecule has 1 heterocycles. The van der Waals surface area contributed by atoms with Gasteiger partial charge in [-0.25, -0.2) is 0 Å². The van der Waals surface area contributed by atoms with Crippen LogP contribution >= 0.6 is 0 Å². The van der Waals surface area contributed by atoms with Crippen molar-refractivity contribution in [3.05, 3.63) is 35.5 Å². The lowest BCUT2D eigenvalue weighted by Crippen LogP contribution is -1.81. The second-order valence-electron chi connectivity index (χ2n) is 3.75. The SMILES string of the molecule is Cc1cc(C)c(-c2cc(O)cc(O)c2)[nH]1. The second-order valence-corrected chi connectivity index (χ2v) is 3.75. The van der Waals surface area contributed by atoms with Crippen LogP contribution in [0.3, 0.4) is 0 Å². The number of hydrogen-bond acceptors (Lipinski definition) is 2. The third-order valence-electron chi connectivity index (χ3n) is 2.34. The van der Waals surface area contributed by atoms with Gasteiger partial charge in [0.2, 0.25) is 0 Å². The minimum Gasteiger partial charge on any atom is -0.508 e. The number of rotatable bonds is 1. The molecule has 2 aromatic rings. The number of aryl methyl sites for hydroxylation is 2. The van der Waals surface area contributed by atoms with E-state index in [4.69, 9.17) is 0 Å². The number of aromatic amines is 1. The van der Waals surface area contributed by atoms with Gasteiger partial charge in [0.1, 0.15) is 11.5 Å². The summed E-state index contributed by atoms with van der Waals surface area (Å²) in [6, 6.07) is 6.58. The molecule has 0 aliphatic carbocycles. The van der Waals surface area contributed by atoms with E-state index in [1.165, 1.54) is 6.07 Å². The van der Waals surface area contributed by atoms with Gasteiger partial charge in [-0.05, 0) is 37.6 Å². The van der Waals surface area contributed by atoms with Gasteiger partial charge in [0.05, 0.1) is 0 Å². The first-order valence-electron chi connectivity index (χ1n) is 4.76. The topological polar surface area (TPSA) is 56.2 Å². The van der Waals surface area contributed by atoms with Crippen LogP contribution in [-0.4, -0.2) is 15.2 Å². The number of phenolic OH excluding ortho intramolecular Hbond substituents is 2. The molecule has 15 heavy (non-hydrogen) atoms. The maximum absolute atomic E-state index is 9.38. The van der Waals surface area contributed by atoms with E-state index in [2.05, 4.69) is 4.98 Å². The van der Waals surface area contributed by atoms with Crippen LogP contribution in [0.5, 0.6) is 11.5 Å². The first kappa shape index (κ1) is 9.65. The van der Waals surface area contributed by atoms with Crippen LogP contribution in [0.1, 0.15) is 11.3 Å². The highest BCUT2D eigenvalue weighted by Crippen LogP contribution is 2.30. The van der Waals surface area contributed by atoms with Gasteiger partial charge in [0.15, 0.2) is 0 Å². The molecule has 0 saturated carbocycles. The maximum Gasteiger partial charge on any atom is 0.119 e. The lowest BCUT2D eigenvalue weighted by atomic mass is 10.1. The zero-order valence-electron chi connectivity index (χ0n) is 8.70. The Morgan fingerprint density at radius 3 is 2.00 bits per heavy atom. The first-order valence-corrected chi connectivity index (χ1v) is 4.76. The Bertz CT molecular complexity index is 480. The smallest absolute Gasteiger partial charge is 0.119 e. The number of phenols is 2. The Morgan fingerprint density at radius 1 is 0.933 bits per heavy atom. The van der Waals surface area contributed by atoms with Crippen LogP contribution in [-0.2, 0) is 0 Å². The Morgan fingerprint density at radius 2 is 1.53 bits per heavy atom. The van der Waals surface area contributed by atoms with E-state index in [-0.39, 0.29) is 11.5 Å². The summed E-state index contributed by atoms with van der Waals surface area (Å²) in [6.07, 6.45) is 0. The van der Waals surface area contributed by atoms with Crippen molar-refractivity contribution in [2.45, 2.75) is 13.8 Å². The molecule has 78 valence electrons. The van der Waals surface area contributed by atoms with E-state index in [1.807, 2.05) is 19.9 Å². The van der Waals surface area contributed by atoms with Crippen LogP contribution in [0.15, 0.2) is 24.3 Å². The molecule has 3 N–H and O–H groups in total. The molecular weight excluding hydrogens is 190 g/mol. The molecule has 0 aliphatic heterocycles. The largest absolute Gasteiger partial charge is 0.508 e. The molecule has 1 aromatic carbocycles. The number of hydrogen-bond donors (Lipinski definition) is 3. The third kappa shape index (κ3) is 1.81. The minimum atomic E-state index is 0.0663. The Labute approximate surface area is 88.0 Å². The van der Waals surface area contributed by atoms with Crippen molar-refractivity contribution >= 4 is 0 Å². The molecule has 0 saturated heterocycles. The van der Waals surface area contributed by atoms with Gasteiger partial charge in [0.25, 0.3) is 0 Å². The minimum absolute atomic E-state index is 0.0663.